The predicted octanol–water partition coefficient (Wildman–Crippen LogP) is 5.53. The summed E-state index contributed by atoms with van der Waals surface area (Å²) in [6.07, 6.45) is 0.272. The Morgan fingerprint density at radius 2 is 1.65 bits per heavy atom. The van der Waals surface area contributed by atoms with Crippen LogP contribution in [0.1, 0.15) is 35.2 Å². The molecule has 0 fully saturated rings. The number of benzene rings is 3. The number of anilines is 1. The van der Waals surface area contributed by atoms with Crippen molar-refractivity contribution in [2.45, 2.75) is 33.1 Å². The molecule has 34 heavy (non-hydrogen) atoms. The number of amides is 1. The lowest BCUT2D eigenvalue weighted by atomic mass is 9.93. The summed E-state index contributed by atoms with van der Waals surface area (Å²) in [5.41, 5.74) is 6.98. The highest BCUT2D eigenvalue weighted by Gasteiger charge is 2.23. The molecule has 4 rings (SSSR count). The van der Waals surface area contributed by atoms with E-state index in [0.717, 1.165) is 33.6 Å². The molecule has 1 amide bonds. The Labute approximate surface area is 198 Å². The second kappa shape index (κ2) is 9.75. The van der Waals surface area contributed by atoms with Crippen LogP contribution in [0.3, 0.4) is 0 Å². The number of carbonyl (C=O) groups is 2. The highest BCUT2D eigenvalue weighted by molar-refractivity contribution is 5.89. The lowest BCUT2D eigenvalue weighted by Crippen LogP contribution is -2.15. The van der Waals surface area contributed by atoms with Crippen molar-refractivity contribution in [2.24, 2.45) is 0 Å². The van der Waals surface area contributed by atoms with Gasteiger partial charge in [0.1, 0.15) is 0 Å². The predicted molar refractivity (Wildman–Crippen MR) is 133 cm³/mol. The fourth-order valence-corrected chi connectivity index (χ4v) is 3.99. The van der Waals surface area contributed by atoms with Crippen molar-refractivity contribution in [3.05, 3.63) is 101 Å². The largest absolute Gasteiger partial charge is 0.481 e. The Morgan fingerprint density at radius 1 is 0.941 bits per heavy atom. The summed E-state index contributed by atoms with van der Waals surface area (Å²) in [6, 6.07) is 25.1. The molecule has 2 N–H and O–H groups in total. The van der Waals surface area contributed by atoms with Crippen LogP contribution in [0.2, 0.25) is 0 Å². The zero-order valence-electron chi connectivity index (χ0n) is 19.4. The minimum Gasteiger partial charge on any atom is -0.481 e. The van der Waals surface area contributed by atoms with Crippen LogP contribution in [0.15, 0.2) is 78.9 Å². The van der Waals surface area contributed by atoms with E-state index in [1.54, 1.807) is 0 Å². The van der Waals surface area contributed by atoms with E-state index in [4.69, 9.17) is 5.10 Å². The van der Waals surface area contributed by atoms with E-state index in [1.165, 1.54) is 6.92 Å². The van der Waals surface area contributed by atoms with E-state index in [-0.39, 0.29) is 12.3 Å². The number of nitrogens with zero attached hydrogens (tertiary/aromatic N) is 2. The third kappa shape index (κ3) is 5.23. The number of hydrogen-bond acceptors (Lipinski definition) is 3. The molecule has 1 atom stereocenters. The second-order valence-electron chi connectivity index (χ2n) is 8.54. The van der Waals surface area contributed by atoms with Crippen molar-refractivity contribution in [1.82, 2.24) is 9.78 Å². The maximum Gasteiger partial charge on any atom is 0.311 e. The number of carboxylic acid groups (broad SMARTS) is 1. The van der Waals surface area contributed by atoms with Crippen molar-refractivity contribution in [2.75, 3.05) is 5.32 Å². The molecule has 0 saturated heterocycles. The highest BCUT2D eigenvalue weighted by Crippen LogP contribution is 2.29. The molecule has 0 aliphatic heterocycles. The van der Waals surface area contributed by atoms with Gasteiger partial charge in [0.2, 0.25) is 5.91 Å². The fourth-order valence-electron chi connectivity index (χ4n) is 3.99. The van der Waals surface area contributed by atoms with Crippen molar-refractivity contribution in [3.8, 4) is 16.9 Å². The zero-order valence-corrected chi connectivity index (χ0v) is 19.4. The summed E-state index contributed by atoms with van der Waals surface area (Å²) >= 11 is 0. The van der Waals surface area contributed by atoms with Gasteiger partial charge < -0.3 is 10.4 Å². The zero-order chi connectivity index (χ0) is 24.2. The van der Waals surface area contributed by atoms with Gasteiger partial charge in [-0.1, -0.05) is 59.7 Å². The molecule has 172 valence electrons. The maximum absolute atomic E-state index is 12.1. The minimum atomic E-state index is -0.878. The van der Waals surface area contributed by atoms with Gasteiger partial charge in [0.15, 0.2) is 0 Å². The Hall–Kier alpha value is -4.19. The third-order valence-electron chi connectivity index (χ3n) is 5.70. The highest BCUT2D eigenvalue weighted by atomic mass is 16.4. The Bertz CT molecular complexity index is 1320. The van der Waals surface area contributed by atoms with Gasteiger partial charge in [-0.05, 0) is 49.7 Å². The first-order valence-corrected chi connectivity index (χ1v) is 11.1. The quantitative estimate of drug-likeness (QED) is 0.386. The smallest absolute Gasteiger partial charge is 0.311 e. The fraction of sp³-hybridized carbons (Fsp3) is 0.179. The van der Waals surface area contributed by atoms with E-state index in [1.807, 2.05) is 97.4 Å². The van der Waals surface area contributed by atoms with E-state index < -0.39 is 11.9 Å². The average molecular weight is 454 g/mol. The van der Waals surface area contributed by atoms with Crippen molar-refractivity contribution in [1.29, 1.82) is 0 Å². The van der Waals surface area contributed by atoms with Crippen LogP contribution < -0.4 is 5.32 Å². The number of carboxylic acids is 1. The summed E-state index contributed by atoms with van der Waals surface area (Å²) in [4.78, 5) is 23.5. The van der Waals surface area contributed by atoms with Crippen LogP contribution in [0.25, 0.3) is 16.9 Å². The number of nitrogens with one attached hydrogen (secondary N) is 1. The standard InChI is InChI=1S/C28H27N3O3/c1-18-7-13-25(14-8-18)31-27(21-9-11-23(12-10-21)29-20(3)32)17-24(30-31)16-26(28(33)34)22-6-4-5-19(2)15-22/h4-15,17,26H,16H2,1-3H3,(H,29,32)(H,33,34). The van der Waals surface area contributed by atoms with Crippen LogP contribution >= 0.6 is 0 Å². The maximum atomic E-state index is 12.1. The minimum absolute atomic E-state index is 0.129. The Morgan fingerprint density at radius 3 is 2.26 bits per heavy atom. The number of rotatable bonds is 7. The Balaban J connectivity index is 1.75. The van der Waals surface area contributed by atoms with Crippen LogP contribution in [-0.2, 0) is 16.0 Å². The van der Waals surface area contributed by atoms with Crippen LogP contribution in [-0.4, -0.2) is 26.8 Å². The summed E-state index contributed by atoms with van der Waals surface area (Å²) in [6.45, 7) is 5.45. The van der Waals surface area contributed by atoms with Crippen molar-refractivity contribution >= 4 is 17.6 Å². The first kappa shape index (κ1) is 23.0. The average Bonchev–Trinajstić information content (AvgIpc) is 3.22. The summed E-state index contributed by atoms with van der Waals surface area (Å²) in [7, 11) is 0. The lowest BCUT2D eigenvalue weighted by molar-refractivity contribution is -0.138. The van der Waals surface area contributed by atoms with Gasteiger partial charge in [0.05, 0.1) is 23.0 Å². The first-order chi connectivity index (χ1) is 16.3. The monoisotopic (exact) mass is 453 g/mol. The van der Waals surface area contributed by atoms with Crippen LogP contribution in [0, 0.1) is 13.8 Å². The molecule has 0 aliphatic carbocycles. The lowest BCUT2D eigenvalue weighted by Gasteiger charge is -2.12. The molecule has 0 radical (unpaired) electrons. The summed E-state index contributed by atoms with van der Waals surface area (Å²) < 4.78 is 1.84. The first-order valence-electron chi connectivity index (χ1n) is 11.1. The number of aliphatic carboxylic acids is 1. The Kier molecular flexibility index (Phi) is 6.59. The van der Waals surface area contributed by atoms with Gasteiger partial charge in [0.25, 0.3) is 0 Å². The molecule has 6 heteroatoms. The SMILES string of the molecule is CC(=O)Nc1ccc(-c2cc(CC(C(=O)O)c3cccc(C)c3)nn2-c2ccc(C)cc2)cc1. The van der Waals surface area contributed by atoms with Crippen LogP contribution in [0.4, 0.5) is 5.69 Å². The molecule has 1 aromatic heterocycles. The van der Waals surface area contributed by atoms with E-state index in [2.05, 4.69) is 5.32 Å². The van der Waals surface area contributed by atoms with Crippen molar-refractivity contribution < 1.29 is 14.7 Å². The third-order valence-corrected chi connectivity index (χ3v) is 5.70. The summed E-state index contributed by atoms with van der Waals surface area (Å²) in [5.74, 6) is -1.71. The topological polar surface area (TPSA) is 84.2 Å². The number of hydrogen-bond donors (Lipinski definition) is 2. The molecule has 1 unspecified atom stereocenters. The van der Waals surface area contributed by atoms with Gasteiger partial charge >= 0.3 is 5.97 Å². The van der Waals surface area contributed by atoms with Gasteiger partial charge in [-0.25, -0.2) is 4.68 Å². The van der Waals surface area contributed by atoms with E-state index >= 15 is 0 Å². The molecule has 3 aromatic carbocycles. The van der Waals surface area contributed by atoms with E-state index in [0.29, 0.717) is 11.4 Å². The van der Waals surface area contributed by atoms with Gasteiger partial charge in [-0.2, -0.15) is 5.10 Å². The molecular weight excluding hydrogens is 426 g/mol. The molecule has 4 aromatic rings. The molecular formula is C28H27N3O3. The molecule has 0 saturated carbocycles. The second-order valence-corrected chi connectivity index (χ2v) is 8.54. The molecule has 0 aliphatic rings. The van der Waals surface area contributed by atoms with Gasteiger partial charge in [0, 0.05) is 24.6 Å². The molecule has 1 heterocycles. The molecule has 0 spiro atoms. The number of carbonyl (C=O) groups excluding carboxylic acids is 1. The number of aryl methyl sites for hydroxylation is 2. The molecule has 6 nitrogen and oxygen atoms in total. The number of aromatic nitrogens is 2. The van der Waals surface area contributed by atoms with Gasteiger partial charge in [-0.15, -0.1) is 0 Å². The van der Waals surface area contributed by atoms with Crippen LogP contribution in [0.5, 0.6) is 0 Å². The normalized spacial score (nSPS) is 11.7. The van der Waals surface area contributed by atoms with Crippen molar-refractivity contribution in [3.63, 3.8) is 0 Å². The van der Waals surface area contributed by atoms with E-state index in [9.17, 15) is 14.7 Å². The summed E-state index contributed by atoms with van der Waals surface area (Å²) in [5, 5.41) is 17.5. The molecule has 0 bridgehead atoms. The van der Waals surface area contributed by atoms with Gasteiger partial charge in [-0.3, -0.25) is 9.59 Å².